The molecule has 2 aromatic carbocycles. The van der Waals surface area contributed by atoms with Gasteiger partial charge < -0.3 is 10.4 Å². The third kappa shape index (κ3) is 3.79. The maximum atomic E-state index is 13.8. The van der Waals surface area contributed by atoms with Crippen LogP contribution in [0.25, 0.3) is 0 Å². The number of fused-ring (bicyclic) bond motifs is 1. The number of benzene rings is 2. The molecule has 0 saturated heterocycles. The monoisotopic (exact) mass is 381 g/mol. The van der Waals surface area contributed by atoms with Gasteiger partial charge in [0.05, 0.1) is 16.7 Å². The Morgan fingerprint density at radius 2 is 1.67 bits per heavy atom. The van der Waals surface area contributed by atoms with Crippen LogP contribution in [-0.2, 0) is 28.6 Å². The number of rotatable bonds is 4. The van der Waals surface area contributed by atoms with Crippen LogP contribution in [-0.4, -0.2) is 17.0 Å². The second kappa shape index (κ2) is 6.68. The van der Waals surface area contributed by atoms with E-state index < -0.39 is 47.0 Å². The molecule has 0 bridgehead atoms. The number of carbonyl (C=O) groups excluding carboxylic acids is 1. The number of carboxylic acid groups (broad SMARTS) is 1. The zero-order valence-electron chi connectivity index (χ0n) is 13.9. The molecule has 8 heteroatoms. The second-order valence-electron chi connectivity index (χ2n) is 6.63. The van der Waals surface area contributed by atoms with E-state index in [9.17, 15) is 32.3 Å². The van der Waals surface area contributed by atoms with Crippen molar-refractivity contribution in [3.05, 3.63) is 65.0 Å². The fourth-order valence-corrected chi connectivity index (χ4v) is 3.35. The summed E-state index contributed by atoms with van der Waals surface area (Å²) in [5.74, 6) is -3.07. The molecule has 0 aliphatic heterocycles. The maximum Gasteiger partial charge on any atom is 0.416 e. The molecule has 0 atom stereocenters. The highest BCUT2D eigenvalue weighted by Gasteiger charge is 2.45. The molecule has 0 fully saturated rings. The molecule has 1 amide bonds. The van der Waals surface area contributed by atoms with Gasteiger partial charge in [0.25, 0.3) is 0 Å². The van der Waals surface area contributed by atoms with Gasteiger partial charge in [0, 0.05) is 6.42 Å². The summed E-state index contributed by atoms with van der Waals surface area (Å²) >= 11 is 0. The highest BCUT2D eigenvalue weighted by Crippen LogP contribution is 2.40. The fraction of sp³-hybridized carbons (Fsp3) is 0.263. The fourth-order valence-electron chi connectivity index (χ4n) is 3.35. The van der Waals surface area contributed by atoms with Gasteiger partial charge in [-0.15, -0.1) is 0 Å². The first-order valence-electron chi connectivity index (χ1n) is 8.07. The third-order valence-corrected chi connectivity index (χ3v) is 4.70. The van der Waals surface area contributed by atoms with Crippen LogP contribution in [0.15, 0.2) is 42.5 Å². The molecule has 0 radical (unpaired) electrons. The van der Waals surface area contributed by atoms with E-state index in [-0.39, 0.29) is 12.8 Å². The van der Waals surface area contributed by atoms with Crippen molar-refractivity contribution in [2.75, 3.05) is 5.32 Å². The number of nitrogens with one attached hydrogen (secondary N) is 1. The van der Waals surface area contributed by atoms with Gasteiger partial charge in [-0.3, -0.25) is 9.59 Å². The van der Waals surface area contributed by atoms with Crippen molar-refractivity contribution in [1.82, 2.24) is 0 Å². The first-order chi connectivity index (χ1) is 12.6. The zero-order chi connectivity index (χ0) is 19.8. The number of amides is 1. The van der Waals surface area contributed by atoms with E-state index in [0.717, 1.165) is 11.1 Å². The van der Waals surface area contributed by atoms with Gasteiger partial charge in [-0.2, -0.15) is 13.2 Å². The minimum atomic E-state index is -4.69. The molecule has 4 nitrogen and oxygen atoms in total. The quantitative estimate of drug-likeness (QED) is 0.786. The smallest absolute Gasteiger partial charge is 0.416 e. The van der Waals surface area contributed by atoms with Gasteiger partial charge in [-0.1, -0.05) is 24.3 Å². The SMILES string of the molecule is O=C(CC1(C(=O)O)Cc2ccccc2C1)Nc1cc(C(F)(F)F)ccc1F. The Hall–Kier alpha value is -2.90. The number of alkyl halides is 3. The Bertz CT molecular complexity index is 883. The first-order valence-corrected chi connectivity index (χ1v) is 8.07. The summed E-state index contributed by atoms with van der Waals surface area (Å²) in [6, 6.07) is 8.72. The Morgan fingerprint density at radius 3 is 2.19 bits per heavy atom. The summed E-state index contributed by atoms with van der Waals surface area (Å²) < 4.78 is 52.1. The summed E-state index contributed by atoms with van der Waals surface area (Å²) in [6.45, 7) is 0. The highest BCUT2D eigenvalue weighted by atomic mass is 19.4. The van der Waals surface area contributed by atoms with Crippen molar-refractivity contribution in [3.8, 4) is 0 Å². The summed E-state index contributed by atoms with van der Waals surface area (Å²) in [5, 5.41) is 11.7. The van der Waals surface area contributed by atoms with Gasteiger partial charge in [-0.25, -0.2) is 4.39 Å². The number of hydrogen-bond donors (Lipinski definition) is 2. The van der Waals surface area contributed by atoms with E-state index in [1.54, 1.807) is 24.3 Å². The van der Waals surface area contributed by atoms with E-state index in [0.29, 0.717) is 18.2 Å². The number of aliphatic carboxylic acids is 1. The van der Waals surface area contributed by atoms with Crippen molar-refractivity contribution >= 4 is 17.6 Å². The van der Waals surface area contributed by atoms with Crippen molar-refractivity contribution < 1.29 is 32.3 Å². The predicted molar refractivity (Wildman–Crippen MR) is 88.6 cm³/mol. The molecule has 0 heterocycles. The lowest BCUT2D eigenvalue weighted by atomic mass is 9.81. The maximum absolute atomic E-state index is 13.8. The second-order valence-corrected chi connectivity index (χ2v) is 6.63. The number of halogens is 4. The average Bonchev–Trinajstić information content (AvgIpc) is 2.95. The molecule has 1 aliphatic carbocycles. The summed E-state index contributed by atoms with van der Waals surface area (Å²) in [6.07, 6.45) is -4.93. The van der Waals surface area contributed by atoms with Gasteiger partial charge in [0.2, 0.25) is 5.91 Å². The Kier molecular flexibility index (Phi) is 4.67. The first kappa shape index (κ1) is 18.9. The molecular formula is C19H15F4NO3. The molecule has 0 aromatic heterocycles. The van der Waals surface area contributed by atoms with Crippen LogP contribution in [0.5, 0.6) is 0 Å². The van der Waals surface area contributed by atoms with Crippen LogP contribution in [0.1, 0.15) is 23.1 Å². The predicted octanol–water partition coefficient (Wildman–Crippen LogP) is 4.04. The third-order valence-electron chi connectivity index (χ3n) is 4.70. The summed E-state index contributed by atoms with van der Waals surface area (Å²) in [5.41, 5.74) is -1.55. The van der Waals surface area contributed by atoms with E-state index in [2.05, 4.69) is 5.32 Å². The molecule has 3 rings (SSSR count). The number of hydrogen-bond acceptors (Lipinski definition) is 2. The molecule has 0 spiro atoms. The average molecular weight is 381 g/mol. The lowest BCUT2D eigenvalue weighted by Crippen LogP contribution is -2.36. The normalized spacial score (nSPS) is 15.3. The molecule has 142 valence electrons. The van der Waals surface area contributed by atoms with E-state index in [1.807, 2.05) is 0 Å². The van der Waals surface area contributed by atoms with Crippen LogP contribution in [0.3, 0.4) is 0 Å². The molecule has 27 heavy (non-hydrogen) atoms. The molecule has 2 N–H and O–H groups in total. The van der Waals surface area contributed by atoms with Crippen LogP contribution < -0.4 is 5.32 Å². The van der Waals surface area contributed by atoms with Crippen molar-refractivity contribution in [1.29, 1.82) is 0 Å². The highest BCUT2D eigenvalue weighted by molar-refractivity contribution is 5.95. The molecule has 0 saturated carbocycles. The molecule has 2 aromatic rings. The van der Waals surface area contributed by atoms with E-state index >= 15 is 0 Å². The number of carboxylic acids is 1. The van der Waals surface area contributed by atoms with Crippen LogP contribution >= 0.6 is 0 Å². The van der Waals surface area contributed by atoms with Crippen LogP contribution in [0.4, 0.5) is 23.2 Å². The van der Waals surface area contributed by atoms with Crippen LogP contribution in [0.2, 0.25) is 0 Å². The minimum Gasteiger partial charge on any atom is -0.481 e. The van der Waals surface area contributed by atoms with E-state index in [4.69, 9.17) is 0 Å². The lowest BCUT2D eigenvalue weighted by Gasteiger charge is -2.23. The largest absolute Gasteiger partial charge is 0.481 e. The standard InChI is InChI=1S/C19H15F4NO3/c20-14-6-5-13(19(21,22)23)7-15(14)24-16(25)10-18(17(26)27)8-11-3-1-2-4-12(11)9-18/h1-7H,8-10H2,(H,24,25)(H,26,27). The summed E-state index contributed by atoms with van der Waals surface area (Å²) in [7, 11) is 0. The Labute approximate surface area is 151 Å². The van der Waals surface area contributed by atoms with Crippen molar-refractivity contribution in [2.45, 2.75) is 25.4 Å². The van der Waals surface area contributed by atoms with Gasteiger partial charge in [0.1, 0.15) is 5.82 Å². The molecule has 1 aliphatic rings. The Balaban J connectivity index is 1.80. The van der Waals surface area contributed by atoms with Gasteiger partial charge >= 0.3 is 12.1 Å². The van der Waals surface area contributed by atoms with Crippen molar-refractivity contribution in [3.63, 3.8) is 0 Å². The van der Waals surface area contributed by atoms with Gasteiger partial charge in [-0.05, 0) is 42.2 Å². The zero-order valence-corrected chi connectivity index (χ0v) is 13.9. The minimum absolute atomic E-state index is 0.122. The van der Waals surface area contributed by atoms with E-state index in [1.165, 1.54) is 0 Å². The van der Waals surface area contributed by atoms with Crippen LogP contribution in [0, 0.1) is 11.2 Å². The van der Waals surface area contributed by atoms with Gasteiger partial charge in [0.15, 0.2) is 0 Å². The number of carbonyl (C=O) groups is 2. The summed E-state index contributed by atoms with van der Waals surface area (Å²) in [4.78, 5) is 24.1. The lowest BCUT2D eigenvalue weighted by molar-refractivity contribution is -0.150. The molecule has 0 unspecified atom stereocenters. The molecular weight excluding hydrogens is 366 g/mol. The topological polar surface area (TPSA) is 66.4 Å². The number of anilines is 1. The van der Waals surface area contributed by atoms with Crippen molar-refractivity contribution in [2.24, 2.45) is 5.41 Å². The Morgan fingerprint density at radius 1 is 1.07 bits per heavy atom.